The first kappa shape index (κ1) is 18.4. The first-order valence-corrected chi connectivity index (χ1v) is 9.54. The molecule has 30 heavy (non-hydrogen) atoms. The lowest BCUT2D eigenvalue weighted by atomic mass is 9.97. The third-order valence-corrected chi connectivity index (χ3v) is 5.71. The van der Waals surface area contributed by atoms with Gasteiger partial charge in [0.1, 0.15) is 12.6 Å². The molecule has 5 rings (SSSR count). The van der Waals surface area contributed by atoms with Crippen molar-refractivity contribution >= 4 is 43.4 Å². The molecule has 0 radical (unpaired) electrons. The van der Waals surface area contributed by atoms with Crippen molar-refractivity contribution in [1.82, 2.24) is 0 Å². The van der Waals surface area contributed by atoms with Crippen molar-refractivity contribution in [3.05, 3.63) is 42.8 Å². The highest BCUT2D eigenvalue weighted by atomic mass is 16.5. The van der Waals surface area contributed by atoms with Gasteiger partial charge in [0.2, 0.25) is 5.52 Å². The molecule has 0 saturated carbocycles. The largest absolute Gasteiger partial charge is 0.493 e. The highest BCUT2D eigenvalue weighted by Crippen LogP contribution is 2.43. The van der Waals surface area contributed by atoms with E-state index in [1.807, 2.05) is 37.4 Å². The fraction of sp³-hybridized carbons (Fsp3) is 0.208. The summed E-state index contributed by atoms with van der Waals surface area (Å²) in [5, 5.41) is 6.20. The van der Waals surface area contributed by atoms with Crippen LogP contribution in [-0.2, 0) is 7.05 Å². The van der Waals surface area contributed by atoms with Crippen molar-refractivity contribution in [2.24, 2.45) is 7.05 Å². The minimum absolute atomic E-state index is 0.664. The summed E-state index contributed by atoms with van der Waals surface area (Å²) in [6, 6.07) is 10.0. The van der Waals surface area contributed by atoms with Gasteiger partial charge in [-0.05, 0) is 30.3 Å². The molecule has 0 aliphatic carbocycles. The normalized spacial score (nSPS) is 11.5. The molecule has 0 fully saturated rings. The van der Waals surface area contributed by atoms with Crippen LogP contribution >= 0.6 is 0 Å². The SMILES string of the molecule is COc1cc2c[n+](C)c3c4cc(OC)c(OC)cc4c4occc4c3c2cc1OC. The van der Waals surface area contributed by atoms with Crippen LogP contribution < -0.4 is 23.5 Å². The van der Waals surface area contributed by atoms with Gasteiger partial charge in [0, 0.05) is 16.2 Å². The number of rotatable bonds is 4. The summed E-state index contributed by atoms with van der Waals surface area (Å²) in [6.07, 6.45) is 3.82. The Balaban J connectivity index is 2.08. The fourth-order valence-electron chi connectivity index (χ4n) is 4.37. The number of aryl methyl sites for hydroxylation is 1. The van der Waals surface area contributed by atoms with Crippen molar-refractivity contribution in [3.63, 3.8) is 0 Å². The monoisotopic (exact) mass is 404 g/mol. The van der Waals surface area contributed by atoms with Crippen LogP contribution in [-0.4, -0.2) is 28.4 Å². The van der Waals surface area contributed by atoms with E-state index in [0.29, 0.717) is 23.0 Å². The van der Waals surface area contributed by atoms with Gasteiger partial charge in [0.25, 0.3) is 0 Å². The molecule has 6 heteroatoms. The van der Waals surface area contributed by atoms with Gasteiger partial charge >= 0.3 is 0 Å². The molecule has 0 aliphatic rings. The standard InChI is InChI=1S/C24H22NO5/c1-25-12-13-8-18(26-2)19(27-3)9-15(13)22-14-6-7-30-24(14)17-11-21(29-5)20(28-4)10-16(17)23(22)25/h6-12H,1-5H3/q+1. The Hall–Kier alpha value is -3.67. The first-order valence-electron chi connectivity index (χ1n) is 9.54. The maximum absolute atomic E-state index is 5.94. The molecule has 0 spiro atoms. The summed E-state index contributed by atoms with van der Waals surface area (Å²) in [5.41, 5.74) is 1.88. The van der Waals surface area contributed by atoms with Gasteiger partial charge in [-0.1, -0.05) is 0 Å². The molecule has 0 aliphatic heterocycles. The van der Waals surface area contributed by atoms with Crippen LogP contribution in [0.2, 0.25) is 0 Å². The molecular weight excluding hydrogens is 382 g/mol. The highest BCUT2D eigenvalue weighted by Gasteiger charge is 2.23. The van der Waals surface area contributed by atoms with Gasteiger partial charge in [-0.2, -0.15) is 4.57 Å². The molecule has 0 amide bonds. The Kier molecular flexibility index (Phi) is 4.10. The van der Waals surface area contributed by atoms with Crippen molar-refractivity contribution in [1.29, 1.82) is 0 Å². The average molecular weight is 404 g/mol. The Morgan fingerprint density at radius 2 is 1.27 bits per heavy atom. The maximum atomic E-state index is 5.94. The smallest absolute Gasteiger partial charge is 0.221 e. The molecule has 152 valence electrons. The molecule has 0 saturated heterocycles. The van der Waals surface area contributed by atoms with E-state index in [1.165, 1.54) is 0 Å². The minimum Gasteiger partial charge on any atom is -0.493 e. The number of furan rings is 1. The number of hydrogen-bond donors (Lipinski definition) is 0. The van der Waals surface area contributed by atoms with E-state index in [9.17, 15) is 0 Å². The number of fused-ring (bicyclic) bond motifs is 8. The molecule has 0 N–H and O–H groups in total. The Morgan fingerprint density at radius 3 is 1.90 bits per heavy atom. The topological polar surface area (TPSA) is 53.9 Å². The van der Waals surface area contributed by atoms with Gasteiger partial charge in [0.15, 0.2) is 29.2 Å². The number of ether oxygens (including phenoxy) is 4. The van der Waals surface area contributed by atoms with Crippen molar-refractivity contribution in [2.75, 3.05) is 28.4 Å². The van der Waals surface area contributed by atoms with Crippen LogP contribution in [0.25, 0.3) is 43.4 Å². The van der Waals surface area contributed by atoms with E-state index in [2.05, 4.69) is 10.8 Å². The molecule has 3 aromatic carbocycles. The van der Waals surface area contributed by atoms with Crippen LogP contribution in [0.3, 0.4) is 0 Å². The van der Waals surface area contributed by atoms with Crippen LogP contribution in [0.1, 0.15) is 0 Å². The number of nitrogens with zero attached hydrogens (tertiary/aromatic N) is 1. The van der Waals surface area contributed by atoms with Gasteiger partial charge in [-0.3, -0.25) is 0 Å². The van der Waals surface area contributed by atoms with E-state index in [0.717, 1.165) is 43.4 Å². The van der Waals surface area contributed by atoms with E-state index in [1.54, 1.807) is 34.7 Å². The number of benzene rings is 3. The molecule has 2 heterocycles. The van der Waals surface area contributed by atoms with Gasteiger partial charge < -0.3 is 23.4 Å². The summed E-state index contributed by atoms with van der Waals surface area (Å²) in [6.45, 7) is 0. The quantitative estimate of drug-likeness (QED) is 0.320. The second-order valence-corrected chi connectivity index (χ2v) is 7.17. The molecule has 0 atom stereocenters. The summed E-state index contributed by atoms with van der Waals surface area (Å²) in [4.78, 5) is 0. The summed E-state index contributed by atoms with van der Waals surface area (Å²) >= 11 is 0. The predicted octanol–water partition coefficient (Wildman–Crippen LogP) is 4.75. The number of aromatic nitrogens is 1. The van der Waals surface area contributed by atoms with Crippen LogP contribution in [0.4, 0.5) is 0 Å². The molecule has 0 bridgehead atoms. The summed E-state index contributed by atoms with van der Waals surface area (Å²) in [7, 11) is 8.61. The van der Waals surface area contributed by atoms with Crippen LogP contribution in [0.15, 0.2) is 47.2 Å². The van der Waals surface area contributed by atoms with Crippen molar-refractivity contribution in [2.45, 2.75) is 0 Å². The van der Waals surface area contributed by atoms with Crippen LogP contribution in [0, 0.1) is 0 Å². The van der Waals surface area contributed by atoms with E-state index in [4.69, 9.17) is 23.4 Å². The van der Waals surface area contributed by atoms with E-state index in [-0.39, 0.29) is 0 Å². The summed E-state index contributed by atoms with van der Waals surface area (Å²) in [5.74, 6) is 2.71. The molecule has 0 unspecified atom stereocenters. The number of methoxy groups -OCH3 is 4. The van der Waals surface area contributed by atoms with Gasteiger partial charge in [-0.15, -0.1) is 0 Å². The Labute approximate surface area is 173 Å². The zero-order valence-electron chi connectivity index (χ0n) is 17.5. The van der Waals surface area contributed by atoms with E-state index < -0.39 is 0 Å². The Bertz CT molecular complexity index is 1450. The number of pyridine rings is 1. The van der Waals surface area contributed by atoms with Crippen molar-refractivity contribution < 1.29 is 27.9 Å². The Morgan fingerprint density at radius 1 is 0.700 bits per heavy atom. The molecular formula is C24H22NO5+. The van der Waals surface area contributed by atoms with Gasteiger partial charge in [0.05, 0.1) is 50.9 Å². The second kappa shape index (κ2) is 6.69. The molecule has 6 nitrogen and oxygen atoms in total. The van der Waals surface area contributed by atoms with Crippen molar-refractivity contribution in [3.8, 4) is 23.0 Å². The molecule has 5 aromatic rings. The molecule has 2 aromatic heterocycles. The van der Waals surface area contributed by atoms with Gasteiger partial charge in [-0.25, -0.2) is 0 Å². The predicted molar refractivity (Wildman–Crippen MR) is 116 cm³/mol. The van der Waals surface area contributed by atoms with Crippen LogP contribution in [0.5, 0.6) is 23.0 Å². The van der Waals surface area contributed by atoms with E-state index >= 15 is 0 Å². The lowest BCUT2D eigenvalue weighted by Gasteiger charge is -2.13. The fourth-order valence-corrected chi connectivity index (χ4v) is 4.37. The summed E-state index contributed by atoms with van der Waals surface area (Å²) < 4.78 is 30.3. The second-order valence-electron chi connectivity index (χ2n) is 7.17. The number of hydrogen-bond acceptors (Lipinski definition) is 5. The minimum atomic E-state index is 0.664. The average Bonchev–Trinajstić information content (AvgIpc) is 3.26. The third kappa shape index (κ3) is 2.40. The highest BCUT2D eigenvalue weighted by molar-refractivity contribution is 6.28. The zero-order chi connectivity index (χ0) is 21.0. The first-order chi connectivity index (χ1) is 14.6. The maximum Gasteiger partial charge on any atom is 0.221 e. The third-order valence-electron chi connectivity index (χ3n) is 5.71. The lowest BCUT2D eigenvalue weighted by molar-refractivity contribution is -0.642. The lowest BCUT2D eigenvalue weighted by Crippen LogP contribution is -2.28. The zero-order valence-corrected chi connectivity index (χ0v) is 17.5.